The van der Waals surface area contributed by atoms with Crippen molar-refractivity contribution in [2.75, 3.05) is 26.8 Å². The van der Waals surface area contributed by atoms with Crippen molar-refractivity contribution >= 4 is 5.91 Å². The first-order chi connectivity index (χ1) is 12.3. The van der Waals surface area contributed by atoms with E-state index in [-0.39, 0.29) is 11.8 Å². The number of pyridine rings is 1. The molecule has 0 radical (unpaired) electrons. The first kappa shape index (κ1) is 17.3. The van der Waals surface area contributed by atoms with Crippen molar-refractivity contribution in [2.45, 2.75) is 25.2 Å². The van der Waals surface area contributed by atoms with Gasteiger partial charge in [-0.1, -0.05) is 0 Å². The van der Waals surface area contributed by atoms with Gasteiger partial charge in [0.1, 0.15) is 11.4 Å². The van der Waals surface area contributed by atoms with Gasteiger partial charge in [0, 0.05) is 44.7 Å². The highest BCUT2D eigenvalue weighted by molar-refractivity contribution is 5.76. The maximum absolute atomic E-state index is 12.1. The number of hydrogen-bond acceptors (Lipinski definition) is 6. The molecular formula is C18H22N4O3. The summed E-state index contributed by atoms with van der Waals surface area (Å²) in [5, 5.41) is 0. The fourth-order valence-electron chi connectivity index (χ4n) is 2.96. The van der Waals surface area contributed by atoms with E-state index in [1.165, 1.54) is 0 Å². The number of carbonyl (C=O) groups is 1. The van der Waals surface area contributed by atoms with Crippen LogP contribution in [0, 0.1) is 0 Å². The number of rotatable bonds is 6. The van der Waals surface area contributed by atoms with E-state index in [1.807, 2.05) is 17.0 Å². The van der Waals surface area contributed by atoms with E-state index in [4.69, 9.17) is 9.47 Å². The number of piperidine rings is 1. The first-order valence-corrected chi connectivity index (χ1v) is 8.43. The number of hydrogen-bond donors (Lipinski definition) is 0. The molecule has 1 saturated heterocycles. The summed E-state index contributed by atoms with van der Waals surface area (Å²) in [6.07, 6.45) is 8.78. The van der Waals surface area contributed by atoms with Crippen LogP contribution in [-0.2, 0) is 9.53 Å². The Morgan fingerprint density at radius 2 is 2.04 bits per heavy atom. The molecule has 1 aliphatic heterocycles. The van der Waals surface area contributed by atoms with E-state index in [1.54, 1.807) is 31.9 Å². The molecule has 0 N–H and O–H groups in total. The maximum atomic E-state index is 12.1. The van der Waals surface area contributed by atoms with Crippen LogP contribution in [0.15, 0.2) is 36.9 Å². The molecule has 7 nitrogen and oxygen atoms in total. The third-order valence-electron chi connectivity index (χ3n) is 4.29. The highest BCUT2D eigenvalue weighted by Crippen LogP contribution is 2.33. The molecule has 2 aromatic rings. The molecule has 132 valence electrons. The van der Waals surface area contributed by atoms with Crippen LogP contribution in [0.3, 0.4) is 0 Å². The standard InChI is InChI=1S/C18H22N4O3/c1-24-12-6-16(23)22-10-4-14(5-11-22)17-18(21-9-8-20-17)25-15-3-2-7-19-13-15/h2-3,7-9,13-14H,4-6,10-12H2,1H3. The molecule has 1 amide bonds. The van der Waals surface area contributed by atoms with Crippen molar-refractivity contribution < 1.29 is 14.3 Å². The number of nitrogens with zero attached hydrogens (tertiary/aromatic N) is 4. The van der Waals surface area contributed by atoms with Gasteiger partial charge >= 0.3 is 0 Å². The average molecular weight is 342 g/mol. The van der Waals surface area contributed by atoms with Crippen molar-refractivity contribution in [1.29, 1.82) is 0 Å². The van der Waals surface area contributed by atoms with Gasteiger partial charge in [-0.2, -0.15) is 0 Å². The van der Waals surface area contributed by atoms with Gasteiger partial charge in [0.25, 0.3) is 0 Å². The quantitative estimate of drug-likeness (QED) is 0.802. The molecule has 0 spiro atoms. The lowest BCUT2D eigenvalue weighted by atomic mass is 9.93. The van der Waals surface area contributed by atoms with Gasteiger partial charge in [-0.25, -0.2) is 4.98 Å². The largest absolute Gasteiger partial charge is 0.436 e. The highest BCUT2D eigenvalue weighted by Gasteiger charge is 2.27. The lowest BCUT2D eigenvalue weighted by Gasteiger charge is -2.32. The van der Waals surface area contributed by atoms with Gasteiger partial charge in [0.05, 0.1) is 19.2 Å². The van der Waals surface area contributed by atoms with Gasteiger partial charge in [0.2, 0.25) is 11.8 Å². The Kier molecular flexibility index (Phi) is 5.90. The number of ether oxygens (including phenoxy) is 2. The molecule has 7 heteroatoms. The van der Waals surface area contributed by atoms with Crippen LogP contribution in [0.1, 0.15) is 30.9 Å². The average Bonchev–Trinajstić information content (AvgIpc) is 2.67. The van der Waals surface area contributed by atoms with Crippen molar-refractivity contribution in [3.63, 3.8) is 0 Å². The molecule has 3 heterocycles. The minimum atomic E-state index is 0.145. The molecule has 3 rings (SSSR count). The summed E-state index contributed by atoms with van der Waals surface area (Å²) in [7, 11) is 1.61. The zero-order valence-electron chi connectivity index (χ0n) is 14.3. The molecule has 25 heavy (non-hydrogen) atoms. The second kappa shape index (κ2) is 8.53. The normalized spacial score (nSPS) is 15.2. The number of methoxy groups -OCH3 is 1. The summed E-state index contributed by atoms with van der Waals surface area (Å²) in [5.41, 5.74) is 0.843. The Hall–Kier alpha value is -2.54. The Balaban J connectivity index is 1.64. The molecule has 0 saturated carbocycles. The molecule has 0 unspecified atom stereocenters. The van der Waals surface area contributed by atoms with Crippen LogP contribution in [0.4, 0.5) is 0 Å². The topological polar surface area (TPSA) is 77.4 Å². The minimum absolute atomic E-state index is 0.145. The second-order valence-corrected chi connectivity index (χ2v) is 5.94. The van der Waals surface area contributed by atoms with E-state index in [0.717, 1.165) is 31.6 Å². The van der Waals surface area contributed by atoms with E-state index in [0.29, 0.717) is 24.7 Å². The van der Waals surface area contributed by atoms with Crippen LogP contribution in [-0.4, -0.2) is 52.6 Å². The molecule has 0 aromatic carbocycles. The molecule has 0 bridgehead atoms. The predicted octanol–water partition coefficient (Wildman–Crippen LogP) is 2.41. The molecule has 1 fully saturated rings. The highest BCUT2D eigenvalue weighted by atomic mass is 16.5. The van der Waals surface area contributed by atoms with Crippen molar-refractivity contribution in [3.05, 3.63) is 42.6 Å². The summed E-state index contributed by atoms with van der Waals surface area (Å²) in [6, 6.07) is 3.65. The fraction of sp³-hybridized carbons (Fsp3) is 0.444. The molecule has 0 aliphatic carbocycles. The first-order valence-electron chi connectivity index (χ1n) is 8.43. The Morgan fingerprint density at radius 3 is 2.76 bits per heavy atom. The number of likely N-dealkylation sites (tertiary alicyclic amines) is 1. The SMILES string of the molecule is COCCC(=O)N1CCC(c2nccnc2Oc2cccnc2)CC1. The Labute approximate surface area is 147 Å². The maximum Gasteiger partial charge on any atom is 0.241 e. The van der Waals surface area contributed by atoms with Gasteiger partial charge in [-0.15, -0.1) is 0 Å². The van der Waals surface area contributed by atoms with Crippen LogP contribution in [0.2, 0.25) is 0 Å². The van der Waals surface area contributed by atoms with Crippen molar-refractivity contribution in [3.8, 4) is 11.6 Å². The van der Waals surface area contributed by atoms with Gasteiger partial charge in [-0.3, -0.25) is 14.8 Å². The smallest absolute Gasteiger partial charge is 0.241 e. The van der Waals surface area contributed by atoms with Crippen LogP contribution < -0.4 is 4.74 Å². The number of aromatic nitrogens is 3. The zero-order chi connectivity index (χ0) is 17.5. The number of carbonyl (C=O) groups excluding carboxylic acids is 1. The lowest BCUT2D eigenvalue weighted by Crippen LogP contribution is -2.38. The van der Waals surface area contributed by atoms with Gasteiger partial charge < -0.3 is 14.4 Å². The van der Waals surface area contributed by atoms with E-state index < -0.39 is 0 Å². The molecule has 0 atom stereocenters. The third-order valence-corrected chi connectivity index (χ3v) is 4.29. The van der Waals surface area contributed by atoms with Crippen LogP contribution in [0.5, 0.6) is 11.6 Å². The molecular weight excluding hydrogens is 320 g/mol. The number of amides is 1. The molecule has 1 aliphatic rings. The van der Waals surface area contributed by atoms with E-state index in [9.17, 15) is 4.79 Å². The Morgan fingerprint density at radius 1 is 1.24 bits per heavy atom. The summed E-state index contributed by atoms with van der Waals surface area (Å²) in [5.74, 6) is 1.52. The zero-order valence-corrected chi connectivity index (χ0v) is 14.3. The van der Waals surface area contributed by atoms with E-state index >= 15 is 0 Å². The third kappa shape index (κ3) is 4.51. The minimum Gasteiger partial charge on any atom is -0.436 e. The Bertz CT molecular complexity index is 688. The monoisotopic (exact) mass is 342 g/mol. The molecule has 2 aromatic heterocycles. The summed E-state index contributed by atoms with van der Waals surface area (Å²) in [6.45, 7) is 1.90. The summed E-state index contributed by atoms with van der Waals surface area (Å²) >= 11 is 0. The van der Waals surface area contributed by atoms with Crippen LogP contribution >= 0.6 is 0 Å². The second-order valence-electron chi connectivity index (χ2n) is 5.94. The van der Waals surface area contributed by atoms with Gasteiger partial charge in [-0.05, 0) is 25.0 Å². The van der Waals surface area contributed by atoms with Gasteiger partial charge in [0.15, 0.2) is 0 Å². The summed E-state index contributed by atoms with van der Waals surface area (Å²) in [4.78, 5) is 26.9. The fourth-order valence-corrected chi connectivity index (χ4v) is 2.96. The lowest BCUT2D eigenvalue weighted by molar-refractivity contribution is -0.133. The van der Waals surface area contributed by atoms with Crippen LogP contribution in [0.25, 0.3) is 0 Å². The van der Waals surface area contributed by atoms with E-state index in [2.05, 4.69) is 15.0 Å². The van der Waals surface area contributed by atoms with Crippen molar-refractivity contribution in [2.24, 2.45) is 0 Å². The van der Waals surface area contributed by atoms with Crippen molar-refractivity contribution in [1.82, 2.24) is 19.9 Å². The predicted molar refractivity (Wildman–Crippen MR) is 91.4 cm³/mol. The summed E-state index contributed by atoms with van der Waals surface area (Å²) < 4.78 is 10.8.